The molecule has 0 unspecified atom stereocenters. The molecule has 1 N–H and O–H groups in total. The van der Waals surface area contributed by atoms with E-state index in [2.05, 4.69) is 4.98 Å². The lowest BCUT2D eigenvalue weighted by atomic mass is 9.73. The maximum atomic E-state index is 15.3. The third-order valence-corrected chi connectivity index (χ3v) is 5.98. The van der Waals surface area contributed by atoms with E-state index in [1.165, 1.54) is 20.8 Å². The molecule has 0 saturated heterocycles. The van der Waals surface area contributed by atoms with Gasteiger partial charge in [-0.2, -0.15) is 13.2 Å². The first-order valence-corrected chi connectivity index (χ1v) is 12.4. The Kier molecular flexibility index (Phi) is 9.93. The van der Waals surface area contributed by atoms with Gasteiger partial charge in [0.05, 0.1) is 11.5 Å². The molecule has 0 aliphatic carbocycles. The molecule has 0 saturated carbocycles. The number of nitrogens with zero attached hydrogens (tertiary/aromatic N) is 2. The monoisotopic (exact) mass is 570 g/mol. The van der Waals surface area contributed by atoms with E-state index in [1.54, 1.807) is 30.3 Å². The van der Waals surface area contributed by atoms with E-state index < -0.39 is 65.3 Å². The Balaban J connectivity index is 2.66. The van der Waals surface area contributed by atoms with E-state index in [4.69, 9.17) is 9.47 Å². The van der Waals surface area contributed by atoms with E-state index >= 15 is 4.39 Å². The fraction of sp³-hybridized carbons (Fsp3) is 0.500. The summed E-state index contributed by atoms with van der Waals surface area (Å²) in [7, 11) is 1.06. The molecule has 2 rings (SSSR count). The summed E-state index contributed by atoms with van der Waals surface area (Å²) in [6.45, 7) is 6.50. The minimum absolute atomic E-state index is 0.102. The van der Waals surface area contributed by atoms with Gasteiger partial charge in [0.2, 0.25) is 0 Å². The Morgan fingerprint density at radius 2 is 1.57 bits per heavy atom. The van der Waals surface area contributed by atoms with Crippen LogP contribution in [-0.2, 0) is 38.3 Å². The van der Waals surface area contributed by atoms with Gasteiger partial charge in [0.25, 0.3) is 0 Å². The molecule has 0 radical (unpaired) electrons. The molecule has 0 bridgehead atoms. The van der Waals surface area contributed by atoms with Crippen LogP contribution < -0.4 is 0 Å². The summed E-state index contributed by atoms with van der Waals surface area (Å²) < 4.78 is 65.3. The second kappa shape index (κ2) is 12.2. The number of carboxylic acid groups (broad SMARTS) is 1. The average Bonchev–Trinajstić information content (AvgIpc) is 2.82. The SMILES string of the molecule is CN(C(=O)OC(C)(C)C)[C@](CC(C)(C)F)(C(=O)O)[C@@H](Cc1ccc(C(F)(F)F)cn1)C(=O)OCc1ccccc1. The summed E-state index contributed by atoms with van der Waals surface area (Å²) in [5.41, 5.74) is -6.48. The molecule has 1 aromatic carbocycles. The van der Waals surface area contributed by atoms with Crippen molar-refractivity contribution >= 4 is 18.0 Å². The summed E-state index contributed by atoms with van der Waals surface area (Å²) in [6.07, 6.45) is -6.75. The van der Waals surface area contributed by atoms with Gasteiger partial charge in [0.1, 0.15) is 17.9 Å². The van der Waals surface area contributed by atoms with Gasteiger partial charge < -0.3 is 14.6 Å². The van der Waals surface area contributed by atoms with Crippen molar-refractivity contribution in [3.8, 4) is 0 Å². The highest BCUT2D eigenvalue weighted by atomic mass is 19.4. The predicted molar refractivity (Wildman–Crippen MR) is 137 cm³/mol. The number of benzene rings is 1. The molecule has 40 heavy (non-hydrogen) atoms. The van der Waals surface area contributed by atoms with E-state index in [1.807, 2.05) is 0 Å². The average molecular weight is 571 g/mol. The third kappa shape index (κ3) is 8.65. The highest BCUT2D eigenvalue weighted by Crippen LogP contribution is 2.39. The van der Waals surface area contributed by atoms with Gasteiger partial charge in [-0.25, -0.2) is 14.0 Å². The Morgan fingerprint density at radius 1 is 0.975 bits per heavy atom. The Morgan fingerprint density at radius 3 is 2.02 bits per heavy atom. The van der Waals surface area contributed by atoms with Crippen molar-refractivity contribution in [2.45, 2.75) is 77.1 Å². The predicted octanol–water partition coefficient (Wildman–Crippen LogP) is 5.83. The van der Waals surface area contributed by atoms with Crippen LogP contribution in [0, 0.1) is 5.92 Å². The number of likely N-dealkylation sites (N-methyl/N-ethyl adjacent to an activating group) is 1. The molecular weight excluding hydrogens is 536 g/mol. The minimum atomic E-state index is -4.68. The van der Waals surface area contributed by atoms with Crippen LogP contribution in [-0.4, -0.2) is 56.9 Å². The lowest BCUT2D eigenvalue weighted by Crippen LogP contribution is -2.65. The van der Waals surface area contributed by atoms with Crippen LogP contribution in [0.25, 0.3) is 0 Å². The molecule has 12 heteroatoms. The topological polar surface area (TPSA) is 106 Å². The zero-order valence-corrected chi connectivity index (χ0v) is 23.2. The zero-order valence-electron chi connectivity index (χ0n) is 23.2. The van der Waals surface area contributed by atoms with Crippen LogP contribution in [0.1, 0.15) is 57.9 Å². The number of ether oxygens (including phenoxy) is 2. The first kappa shape index (κ1) is 32.5. The summed E-state index contributed by atoms with van der Waals surface area (Å²) in [6, 6.07) is 10.1. The van der Waals surface area contributed by atoms with E-state index in [0.29, 0.717) is 16.7 Å². The summed E-state index contributed by atoms with van der Waals surface area (Å²) in [5, 5.41) is 10.5. The minimum Gasteiger partial charge on any atom is -0.479 e. The van der Waals surface area contributed by atoms with E-state index in [0.717, 1.165) is 33.0 Å². The Bertz CT molecular complexity index is 1170. The number of carbonyl (C=O) groups excluding carboxylic acids is 2. The number of aliphatic carboxylic acids is 1. The first-order valence-electron chi connectivity index (χ1n) is 12.4. The second-order valence-electron chi connectivity index (χ2n) is 11.1. The molecule has 8 nitrogen and oxygen atoms in total. The summed E-state index contributed by atoms with van der Waals surface area (Å²) >= 11 is 0. The molecule has 1 aromatic heterocycles. The standard InChI is InChI=1S/C28H34F4N2O6/c1-25(2,3)40-24(38)34(6)27(23(36)37,17-26(4,5)29)21(22(35)39-16-18-10-8-7-9-11-18)14-20-13-12-19(15-33-20)28(30,31)32/h7-13,15,21H,14,16-17H2,1-6H3,(H,36,37)/t21-,27-/m0/s1. The van der Waals surface area contributed by atoms with E-state index in [-0.39, 0.29) is 12.3 Å². The number of carbonyl (C=O) groups is 3. The molecule has 1 amide bonds. The first-order chi connectivity index (χ1) is 18.3. The number of esters is 1. The smallest absolute Gasteiger partial charge is 0.417 e. The van der Waals surface area contributed by atoms with Crippen LogP contribution >= 0.6 is 0 Å². The number of hydrogen-bond acceptors (Lipinski definition) is 6. The number of amides is 1. The summed E-state index contributed by atoms with van der Waals surface area (Å²) in [4.78, 5) is 44.2. The largest absolute Gasteiger partial charge is 0.479 e. The van der Waals surface area contributed by atoms with Crippen molar-refractivity contribution in [1.29, 1.82) is 0 Å². The van der Waals surface area contributed by atoms with Crippen LogP contribution in [0.4, 0.5) is 22.4 Å². The van der Waals surface area contributed by atoms with Gasteiger partial charge in [-0.05, 0) is 52.3 Å². The van der Waals surface area contributed by atoms with Crippen molar-refractivity contribution in [3.05, 3.63) is 65.5 Å². The van der Waals surface area contributed by atoms with Crippen LogP contribution in [0.3, 0.4) is 0 Å². The van der Waals surface area contributed by atoms with Crippen molar-refractivity contribution < 1.29 is 46.5 Å². The quantitative estimate of drug-likeness (QED) is 0.283. The van der Waals surface area contributed by atoms with Gasteiger partial charge >= 0.3 is 24.2 Å². The van der Waals surface area contributed by atoms with Crippen molar-refractivity contribution in [3.63, 3.8) is 0 Å². The Hall–Kier alpha value is -3.70. The molecule has 0 spiro atoms. The molecule has 0 aliphatic rings. The van der Waals surface area contributed by atoms with Gasteiger partial charge in [0.15, 0.2) is 5.54 Å². The highest BCUT2D eigenvalue weighted by Gasteiger charge is 2.58. The Labute approximate surface area is 230 Å². The van der Waals surface area contributed by atoms with Crippen LogP contribution in [0.5, 0.6) is 0 Å². The van der Waals surface area contributed by atoms with Gasteiger partial charge in [-0.1, -0.05) is 30.3 Å². The lowest BCUT2D eigenvalue weighted by Gasteiger charge is -2.44. The molecule has 2 aromatic rings. The number of hydrogen-bond donors (Lipinski definition) is 1. The molecule has 0 fully saturated rings. The summed E-state index contributed by atoms with van der Waals surface area (Å²) in [5.74, 6) is -4.65. The second-order valence-corrected chi connectivity index (χ2v) is 11.1. The van der Waals surface area contributed by atoms with Crippen LogP contribution in [0.2, 0.25) is 0 Å². The molecular formula is C28H34F4N2O6. The number of aromatic nitrogens is 1. The van der Waals surface area contributed by atoms with Crippen molar-refractivity contribution in [2.75, 3.05) is 7.05 Å². The number of pyridine rings is 1. The fourth-order valence-electron chi connectivity index (χ4n) is 4.18. The maximum Gasteiger partial charge on any atom is 0.417 e. The molecule has 2 atom stereocenters. The molecule has 220 valence electrons. The highest BCUT2D eigenvalue weighted by molar-refractivity contribution is 5.91. The van der Waals surface area contributed by atoms with Crippen LogP contribution in [0.15, 0.2) is 48.7 Å². The van der Waals surface area contributed by atoms with Gasteiger partial charge in [0, 0.05) is 31.8 Å². The molecule has 1 heterocycles. The number of carboxylic acids is 1. The zero-order chi connectivity index (χ0) is 30.5. The van der Waals surface area contributed by atoms with Crippen molar-refractivity contribution in [1.82, 2.24) is 9.88 Å². The number of alkyl halides is 4. The maximum absolute atomic E-state index is 15.3. The normalized spacial score (nSPS) is 14.6. The number of halogens is 4. The fourth-order valence-corrected chi connectivity index (χ4v) is 4.18. The van der Waals surface area contributed by atoms with E-state index in [9.17, 15) is 32.7 Å². The molecule has 0 aliphatic heterocycles. The van der Waals surface area contributed by atoms with Gasteiger partial charge in [-0.15, -0.1) is 0 Å². The third-order valence-electron chi connectivity index (χ3n) is 5.98. The van der Waals surface area contributed by atoms with Crippen molar-refractivity contribution in [2.24, 2.45) is 5.92 Å². The number of rotatable bonds is 10. The lowest BCUT2D eigenvalue weighted by molar-refractivity contribution is -0.171. The van der Waals surface area contributed by atoms with Gasteiger partial charge in [-0.3, -0.25) is 14.7 Å².